The molecule has 0 heteroatoms. The van der Waals surface area contributed by atoms with E-state index in [4.69, 9.17) is 0 Å². The van der Waals surface area contributed by atoms with Gasteiger partial charge in [-0.1, -0.05) is 40.5 Å². The van der Waals surface area contributed by atoms with Crippen molar-refractivity contribution in [2.45, 2.75) is 105 Å². The number of hydrogen-bond acceptors (Lipinski definition) is 0. The Morgan fingerprint density at radius 3 is 0.875 bits per heavy atom. The van der Waals surface area contributed by atoms with Crippen molar-refractivity contribution in [3.8, 4) is 0 Å². The molecule has 6 rings (SSSR count). The molecule has 0 amide bonds. The maximum Gasteiger partial charge on any atom is -0.0355 e. The van der Waals surface area contributed by atoms with E-state index in [2.05, 4.69) is 0 Å². The Labute approximate surface area is 152 Å². The van der Waals surface area contributed by atoms with Crippen molar-refractivity contribution in [1.82, 2.24) is 0 Å². The third-order valence-electron chi connectivity index (χ3n) is 8.70. The molecule has 0 radical (unpaired) electrons. The predicted molar refractivity (Wildman–Crippen MR) is 106 cm³/mol. The first-order valence-electron chi connectivity index (χ1n) is 11.9. The first-order chi connectivity index (χ1) is 11.9. The lowest BCUT2D eigenvalue weighted by Crippen LogP contribution is -2.15. The van der Waals surface area contributed by atoms with E-state index in [9.17, 15) is 0 Å². The summed E-state index contributed by atoms with van der Waals surface area (Å²) in [6.07, 6.45) is 19.1. The van der Waals surface area contributed by atoms with Crippen molar-refractivity contribution >= 4 is 0 Å². The molecular weight excluding hydrogens is 288 g/mol. The van der Waals surface area contributed by atoms with Gasteiger partial charge >= 0.3 is 0 Å². The number of hydrogen-bond donors (Lipinski definition) is 0. The van der Waals surface area contributed by atoms with Crippen LogP contribution in [-0.4, -0.2) is 0 Å². The Kier molecular flexibility index (Phi) is 6.72. The molecular formula is C24H44. The molecule has 6 aliphatic carbocycles. The lowest BCUT2D eigenvalue weighted by molar-refractivity contribution is 0.259. The maximum atomic E-state index is 2.00. The fourth-order valence-electron chi connectivity index (χ4n) is 8.04. The Bertz CT molecular complexity index is 304. The Balaban J connectivity index is 0.000000117. The molecule has 6 fully saturated rings. The molecule has 0 spiro atoms. The van der Waals surface area contributed by atoms with Crippen LogP contribution < -0.4 is 0 Å². The van der Waals surface area contributed by atoms with Crippen molar-refractivity contribution in [3.05, 3.63) is 0 Å². The van der Waals surface area contributed by atoms with Gasteiger partial charge < -0.3 is 0 Å². The van der Waals surface area contributed by atoms with Crippen LogP contribution in [0.2, 0.25) is 0 Å². The molecule has 6 saturated carbocycles. The maximum absolute atomic E-state index is 2.00. The summed E-state index contributed by atoms with van der Waals surface area (Å²) in [5, 5.41) is 0. The summed E-state index contributed by atoms with van der Waals surface area (Å²) in [5.74, 6) is 9.60. The SMILES string of the molecule is C1CC2C3CCC(C3)C2C1.C1CC2C3CCC(C3)C2C1.CC.CC. The highest BCUT2D eigenvalue weighted by Gasteiger charge is 2.49. The molecule has 0 N–H and O–H groups in total. The monoisotopic (exact) mass is 332 g/mol. The Morgan fingerprint density at radius 2 is 0.625 bits per heavy atom. The summed E-state index contributed by atoms with van der Waals surface area (Å²) in [7, 11) is 0. The third kappa shape index (κ3) is 3.33. The highest BCUT2D eigenvalue weighted by atomic mass is 14.5. The van der Waals surface area contributed by atoms with E-state index in [-0.39, 0.29) is 0 Å². The van der Waals surface area contributed by atoms with Crippen molar-refractivity contribution in [2.75, 3.05) is 0 Å². The van der Waals surface area contributed by atoms with E-state index >= 15 is 0 Å². The van der Waals surface area contributed by atoms with Crippen molar-refractivity contribution in [3.63, 3.8) is 0 Å². The van der Waals surface area contributed by atoms with E-state index in [1.54, 1.807) is 77.0 Å². The molecule has 140 valence electrons. The average Bonchev–Trinajstić information content (AvgIpc) is 3.48. The molecule has 6 aliphatic rings. The summed E-state index contributed by atoms with van der Waals surface area (Å²) in [6, 6.07) is 0. The van der Waals surface area contributed by atoms with Gasteiger partial charge in [0, 0.05) is 0 Å². The van der Waals surface area contributed by atoms with Gasteiger partial charge in [-0.2, -0.15) is 0 Å². The minimum atomic E-state index is 1.19. The second-order valence-electron chi connectivity index (χ2n) is 9.18. The zero-order valence-corrected chi connectivity index (χ0v) is 17.1. The summed E-state index contributed by atoms with van der Waals surface area (Å²) in [4.78, 5) is 0. The summed E-state index contributed by atoms with van der Waals surface area (Å²) < 4.78 is 0. The molecule has 0 aromatic carbocycles. The highest BCUT2D eigenvalue weighted by Crippen LogP contribution is 2.59. The minimum Gasteiger partial charge on any atom is -0.0683 e. The normalized spacial score (nSPS) is 48.5. The van der Waals surface area contributed by atoms with E-state index in [1.165, 1.54) is 47.3 Å². The summed E-state index contributed by atoms with van der Waals surface area (Å²) in [6.45, 7) is 8.00. The van der Waals surface area contributed by atoms with Gasteiger partial charge in [0.15, 0.2) is 0 Å². The predicted octanol–water partition coefficient (Wildman–Crippen LogP) is 7.72. The van der Waals surface area contributed by atoms with E-state index in [1.807, 2.05) is 27.7 Å². The van der Waals surface area contributed by atoms with Gasteiger partial charge in [0.25, 0.3) is 0 Å². The Hall–Kier alpha value is 0. The zero-order chi connectivity index (χ0) is 17.1. The quantitative estimate of drug-likeness (QED) is 0.426. The molecule has 24 heavy (non-hydrogen) atoms. The lowest BCUT2D eigenvalue weighted by atomic mass is 9.82. The van der Waals surface area contributed by atoms with Crippen LogP contribution in [0.1, 0.15) is 105 Å². The lowest BCUT2D eigenvalue weighted by Gasteiger charge is -2.23. The molecule has 0 saturated heterocycles. The topological polar surface area (TPSA) is 0 Å². The highest BCUT2D eigenvalue weighted by molar-refractivity contribution is 4.99. The molecule has 0 heterocycles. The van der Waals surface area contributed by atoms with Crippen LogP contribution in [0.3, 0.4) is 0 Å². The van der Waals surface area contributed by atoms with Crippen LogP contribution >= 0.6 is 0 Å². The Morgan fingerprint density at radius 1 is 0.375 bits per heavy atom. The molecule has 8 unspecified atom stereocenters. The molecule has 8 atom stereocenters. The van der Waals surface area contributed by atoms with Gasteiger partial charge in [-0.05, 0) is 112 Å². The second kappa shape index (κ2) is 8.59. The molecule has 0 aromatic rings. The first kappa shape index (κ1) is 18.8. The molecule has 0 nitrogen and oxygen atoms in total. The molecule has 0 aromatic heterocycles. The average molecular weight is 333 g/mol. The van der Waals surface area contributed by atoms with Gasteiger partial charge in [-0.25, -0.2) is 0 Å². The van der Waals surface area contributed by atoms with Crippen molar-refractivity contribution in [2.24, 2.45) is 47.3 Å². The van der Waals surface area contributed by atoms with Gasteiger partial charge in [-0.3, -0.25) is 0 Å². The summed E-state index contributed by atoms with van der Waals surface area (Å²) in [5.41, 5.74) is 0. The third-order valence-corrected chi connectivity index (χ3v) is 8.70. The fraction of sp³-hybridized carbons (Fsp3) is 1.00. The van der Waals surface area contributed by atoms with Gasteiger partial charge in [0.1, 0.15) is 0 Å². The fourth-order valence-corrected chi connectivity index (χ4v) is 8.04. The minimum absolute atomic E-state index is 1.19. The van der Waals surface area contributed by atoms with E-state index in [0.717, 1.165) is 0 Å². The molecule has 0 aliphatic heterocycles. The van der Waals surface area contributed by atoms with Gasteiger partial charge in [0.2, 0.25) is 0 Å². The summed E-state index contributed by atoms with van der Waals surface area (Å²) >= 11 is 0. The standard InChI is InChI=1S/2C10H16.2C2H6/c2*1-2-9-7-4-5-8(6-7)10(9)3-1;2*1-2/h2*7-10H,1-6H2;2*1-2H3. The second-order valence-corrected chi connectivity index (χ2v) is 9.18. The van der Waals surface area contributed by atoms with E-state index in [0.29, 0.717) is 0 Å². The molecule has 4 bridgehead atoms. The zero-order valence-electron chi connectivity index (χ0n) is 17.1. The van der Waals surface area contributed by atoms with E-state index < -0.39 is 0 Å². The van der Waals surface area contributed by atoms with Gasteiger partial charge in [0.05, 0.1) is 0 Å². The van der Waals surface area contributed by atoms with Crippen LogP contribution in [0.25, 0.3) is 0 Å². The number of fused-ring (bicyclic) bond motifs is 10. The van der Waals surface area contributed by atoms with Crippen molar-refractivity contribution < 1.29 is 0 Å². The number of rotatable bonds is 0. The van der Waals surface area contributed by atoms with Gasteiger partial charge in [-0.15, -0.1) is 0 Å². The van der Waals surface area contributed by atoms with Crippen molar-refractivity contribution in [1.29, 1.82) is 0 Å². The smallest absolute Gasteiger partial charge is 0.0355 e. The first-order valence-corrected chi connectivity index (χ1v) is 11.9. The van der Waals surface area contributed by atoms with Crippen LogP contribution in [0.4, 0.5) is 0 Å². The van der Waals surface area contributed by atoms with Crippen LogP contribution in [-0.2, 0) is 0 Å². The van der Waals surface area contributed by atoms with Crippen LogP contribution in [0.15, 0.2) is 0 Å². The van der Waals surface area contributed by atoms with Crippen LogP contribution in [0, 0.1) is 47.3 Å². The largest absolute Gasteiger partial charge is 0.0683 e. The van der Waals surface area contributed by atoms with Crippen LogP contribution in [0.5, 0.6) is 0 Å².